The topological polar surface area (TPSA) is 87.7 Å². The summed E-state index contributed by atoms with van der Waals surface area (Å²) in [5.74, 6) is -0.852. The lowest BCUT2D eigenvalue weighted by molar-refractivity contribution is -0.141. The number of hydrogen-bond acceptors (Lipinski definition) is 5. The van der Waals surface area contributed by atoms with E-state index in [1.54, 1.807) is 32.0 Å². The van der Waals surface area contributed by atoms with Crippen molar-refractivity contribution in [2.24, 2.45) is 11.3 Å². The maximum Gasteiger partial charge on any atom is 0.333 e. The zero-order valence-electron chi connectivity index (χ0n) is 23.4. The van der Waals surface area contributed by atoms with Gasteiger partial charge >= 0.3 is 5.97 Å². The number of benzene rings is 1. The molecule has 0 aliphatic heterocycles. The number of methoxy groups -OCH3 is 1. The van der Waals surface area contributed by atoms with Crippen LogP contribution in [-0.2, 0) is 24.5 Å². The second-order valence-corrected chi connectivity index (χ2v) is 11.1. The van der Waals surface area contributed by atoms with Crippen LogP contribution >= 0.6 is 0 Å². The molecular weight excluding hydrogens is 442 g/mol. The summed E-state index contributed by atoms with van der Waals surface area (Å²) < 4.78 is 4.82. The Hall–Kier alpha value is -2.67. The number of esters is 1. The van der Waals surface area contributed by atoms with E-state index in [0.29, 0.717) is 5.57 Å². The van der Waals surface area contributed by atoms with Crippen LogP contribution in [0.5, 0.6) is 0 Å². The van der Waals surface area contributed by atoms with Crippen LogP contribution < -0.4 is 10.6 Å². The minimum Gasteiger partial charge on any atom is -0.466 e. The Balaban J connectivity index is 3.29. The van der Waals surface area contributed by atoms with Crippen LogP contribution in [-0.4, -0.2) is 62.0 Å². The first-order valence-electron chi connectivity index (χ1n) is 12.2. The molecule has 0 heterocycles. The van der Waals surface area contributed by atoms with Gasteiger partial charge in [0.25, 0.3) is 0 Å². The second-order valence-electron chi connectivity index (χ2n) is 11.1. The predicted molar refractivity (Wildman–Crippen MR) is 141 cm³/mol. The van der Waals surface area contributed by atoms with Crippen LogP contribution in [0.1, 0.15) is 61.0 Å². The average Bonchev–Trinajstić information content (AvgIpc) is 2.79. The number of carbonyl (C=O) groups is 3. The third kappa shape index (κ3) is 7.66. The largest absolute Gasteiger partial charge is 0.466 e. The molecule has 35 heavy (non-hydrogen) atoms. The third-order valence-corrected chi connectivity index (χ3v) is 6.60. The van der Waals surface area contributed by atoms with Crippen LogP contribution in [0.3, 0.4) is 0 Å². The van der Waals surface area contributed by atoms with Gasteiger partial charge in [0, 0.05) is 18.0 Å². The highest BCUT2D eigenvalue weighted by Gasteiger charge is 2.41. The number of nitrogens with one attached hydrogen (secondary N) is 2. The lowest BCUT2D eigenvalue weighted by Gasteiger charge is -2.40. The van der Waals surface area contributed by atoms with Crippen molar-refractivity contribution in [2.45, 2.75) is 78.9 Å². The lowest BCUT2D eigenvalue weighted by Crippen LogP contribution is -2.61. The van der Waals surface area contributed by atoms with Crippen LogP contribution in [0.25, 0.3) is 0 Å². The van der Waals surface area contributed by atoms with E-state index in [4.69, 9.17) is 4.74 Å². The highest BCUT2D eigenvalue weighted by atomic mass is 16.5. The van der Waals surface area contributed by atoms with Crippen LogP contribution in [0.4, 0.5) is 0 Å². The Kier molecular flexibility index (Phi) is 10.7. The molecule has 1 aromatic carbocycles. The van der Waals surface area contributed by atoms with E-state index < -0.39 is 28.9 Å². The van der Waals surface area contributed by atoms with Gasteiger partial charge in [0.15, 0.2) is 0 Å². The number of ether oxygens (including phenoxy) is 1. The molecule has 0 aliphatic carbocycles. The van der Waals surface area contributed by atoms with Gasteiger partial charge in [-0.1, -0.05) is 84.9 Å². The smallest absolute Gasteiger partial charge is 0.333 e. The Morgan fingerprint density at radius 1 is 1.00 bits per heavy atom. The van der Waals surface area contributed by atoms with Crippen LogP contribution in [0.2, 0.25) is 0 Å². The van der Waals surface area contributed by atoms with Gasteiger partial charge in [-0.15, -0.1) is 0 Å². The zero-order valence-corrected chi connectivity index (χ0v) is 23.4. The summed E-state index contributed by atoms with van der Waals surface area (Å²) in [4.78, 5) is 40.9. The quantitative estimate of drug-likeness (QED) is 0.388. The molecule has 3 atom stereocenters. The molecule has 1 rings (SSSR count). The molecule has 1 aromatic rings. The molecule has 2 amide bonds. The van der Waals surface area contributed by atoms with E-state index in [2.05, 4.69) is 10.6 Å². The van der Waals surface area contributed by atoms with E-state index in [1.807, 2.05) is 78.8 Å². The summed E-state index contributed by atoms with van der Waals surface area (Å²) in [6.45, 7) is 15.5. The maximum absolute atomic E-state index is 13.8. The fraction of sp³-hybridized carbons (Fsp3) is 0.607. The number of rotatable bonds is 10. The average molecular weight is 488 g/mol. The molecule has 7 nitrogen and oxygen atoms in total. The zero-order chi connectivity index (χ0) is 27.1. The van der Waals surface area contributed by atoms with Gasteiger partial charge in [-0.25, -0.2) is 4.79 Å². The molecule has 0 saturated heterocycles. The summed E-state index contributed by atoms with van der Waals surface area (Å²) in [5, 5.41) is 6.19. The molecule has 0 fully saturated rings. The van der Waals surface area contributed by atoms with Gasteiger partial charge in [-0.2, -0.15) is 0 Å². The molecule has 2 N–H and O–H groups in total. The number of carbonyl (C=O) groups excluding carboxylic acids is 3. The number of likely N-dealkylation sites (N-methyl/N-ethyl adjacent to an activating group) is 2. The van der Waals surface area contributed by atoms with Crippen LogP contribution in [0, 0.1) is 11.3 Å². The summed E-state index contributed by atoms with van der Waals surface area (Å²) in [6.07, 6.45) is 1.75. The molecule has 196 valence electrons. The Morgan fingerprint density at radius 3 is 1.97 bits per heavy atom. The number of hydrogen-bond donors (Lipinski definition) is 2. The molecule has 0 aromatic heterocycles. The molecule has 0 bridgehead atoms. The van der Waals surface area contributed by atoms with Crippen molar-refractivity contribution >= 4 is 17.8 Å². The fourth-order valence-electron chi connectivity index (χ4n) is 4.32. The SMILES string of the molecule is CNC(C(=O)NC(C(=O)N(C)C(/C=C(\C)C(=O)OC)C(C)C)C(C)(C)C)C(C)(C)c1ccccc1. The predicted octanol–water partition coefficient (Wildman–Crippen LogP) is 3.69. The van der Waals surface area contributed by atoms with Crippen molar-refractivity contribution in [1.29, 1.82) is 0 Å². The van der Waals surface area contributed by atoms with Gasteiger partial charge in [0.2, 0.25) is 11.8 Å². The second kappa shape index (κ2) is 12.3. The maximum atomic E-state index is 13.8. The molecule has 7 heteroatoms. The number of amides is 2. The van der Waals surface area contributed by atoms with E-state index in [9.17, 15) is 14.4 Å². The minimum absolute atomic E-state index is 0.0435. The van der Waals surface area contributed by atoms with Crippen molar-refractivity contribution in [2.75, 3.05) is 21.2 Å². The van der Waals surface area contributed by atoms with Gasteiger partial charge in [-0.3, -0.25) is 9.59 Å². The summed E-state index contributed by atoms with van der Waals surface area (Å²) in [7, 11) is 4.80. The van der Waals surface area contributed by atoms with Gasteiger partial charge in [-0.05, 0) is 30.9 Å². The van der Waals surface area contributed by atoms with Crippen molar-refractivity contribution in [3.8, 4) is 0 Å². The van der Waals surface area contributed by atoms with Crippen molar-refractivity contribution < 1.29 is 19.1 Å². The first-order valence-corrected chi connectivity index (χ1v) is 12.2. The lowest BCUT2D eigenvalue weighted by atomic mass is 9.76. The highest BCUT2D eigenvalue weighted by Crippen LogP contribution is 2.29. The summed E-state index contributed by atoms with van der Waals surface area (Å²) in [5.41, 5.74) is 0.396. The normalized spacial score (nSPS) is 15.3. The minimum atomic E-state index is -0.768. The molecular formula is C28H45N3O4. The highest BCUT2D eigenvalue weighted by molar-refractivity contribution is 5.92. The Labute approximate surface area is 211 Å². The molecule has 0 spiro atoms. The first kappa shape index (κ1) is 30.4. The summed E-state index contributed by atoms with van der Waals surface area (Å²) >= 11 is 0. The first-order chi connectivity index (χ1) is 16.1. The van der Waals surface area contributed by atoms with E-state index in [1.165, 1.54) is 7.11 Å². The van der Waals surface area contributed by atoms with Gasteiger partial charge in [0.05, 0.1) is 19.2 Å². The Morgan fingerprint density at radius 2 is 1.54 bits per heavy atom. The molecule has 0 saturated carbocycles. The van der Waals surface area contributed by atoms with Gasteiger partial charge < -0.3 is 20.3 Å². The monoisotopic (exact) mass is 487 g/mol. The molecule has 0 radical (unpaired) electrons. The van der Waals surface area contributed by atoms with Crippen molar-refractivity contribution in [3.05, 3.63) is 47.5 Å². The van der Waals surface area contributed by atoms with E-state index in [-0.39, 0.29) is 23.8 Å². The summed E-state index contributed by atoms with van der Waals surface area (Å²) in [6, 6.07) is 8.18. The van der Waals surface area contributed by atoms with Crippen molar-refractivity contribution in [3.63, 3.8) is 0 Å². The molecule has 3 unspecified atom stereocenters. The molecule has 0 aliphatic rings. The number of nitrogens with zero attached hydrogens (tertiary/aromatic N) is 1. The van der Waals surface area contributed by atoms with Crippen molar-refractivity contribution in [1.82, 2.24) is 15.5 Å². The fourth-order valence-corrected chi connectivity index (χ4v) is 4.32. The third-order valence-electron chi connectivity index (χ3n) is 6.60. The van der Waals surface area contributed by atoms with Crippen LogP contribution in [0.15, 0.2) is 42.0 Å². The standard InChI is InChI=1S/C28H45N3O4/c1-18(2)21(17-19(3)26(34)35-11)31(10)25(33)23(27(4,5)6)30-24(32)22(29-9)28(7,8)20-15-13-12-14-16-20/h12-18,21-23,29H,1-11H3,(H,30,32)/b19-17+. The van der Waals surface area contributed by atoms with E-state index >= 15 is 0 Å². The Bertz CT molecular complexity index is 901. The van der Waals surface area contributed by atoms with Gasteiger partial charge in [0.1, 0.15) is 6.04 Å². The van der Waals surface area contributed by atoms with E-state index in [0.717, 1.165) is 5.56 Å².